The highest BCUT2D eigenvalue weighted by molar-refractivity contribution is 7.91. The molecule has 7 heteroatoms. The van der Waals surface area contributed by atoms with E-state index in [2.05, 4.69) is 5.32 Å². The van der Waals surface area contributed by atoms with E-state index in [4.69, 9.17) is 0 Å². The second-order valence-corrected chi connectivity index (χ2v) is 9.59. The third kappa shape index (κ3) is 3.96. The molecule has 0 spiro atoms. The van der Waals surface area contributed by atoms with E-state index in [-0.39, 0.29) is 29.9 Å². The van der Waals surface area contributed by atoms with E-state index < -0.39 is 26.8 Å². The molecule has 2 amide bonds. The van der Waals surface area contributed by atoms with Gasteiger partial charge in [-0.05, 0) is 19.3 Å². The Morgan fingerprint density at radius 1 is 1.24 bits per heavy atom. The van der Waals surface area contributed by atoms with Gasteiger partial charge in [0.05, 0.1) is 5.75 Å². The van der Waals surface area contributed by atoms with Crippen LogP contribution in [0.5, 0.6) is 0 Å². The van der Waals surface area contributed by atoms with Crippen LogP contribution in [0.25, 0.3) is 0 Å². The van der Waals surface area contributed by atoms with Crippen molar-refractivity contribution in [2.24, 2.45) is 5.41 Å². The molecule has 1 aliphatic heterocycles. The molecule has 1 aliphatic rings. The molecule has 0 aromatic heterocycles. The molecule has 1 unspecified atom stereocenters. The van der Waals surface area contributed by atoms with Crippen LogP contribution in [0, 0.1) is 5.41 Å². The average molecular weight is 318 g/mol. The molecule has 1 rings (SSSR count). The Labute approximate surface area is 127 Å². The first-order valence-corrected chi connectivity index (χ1v) is 8.97. The number of amides is 2. The Morgan fingerprint density at radius 3 is 2.19 bits per heavy atom. The van der Waals surface area contributed by atoms with Crippen molar-refractivity contribution >= 4 is 21.7 Å². The first kappa shape index (κ1) is 17.9. The first-order chi connectivity index (χ1) is 9.32. The molecule has 0 aromatic carbocycles. The van der Waals surface area contributed by atoms with Gasteiger partial charge in [0.25, 0.3) is 0 Å². The smallest absolute Gasteiger partial charge is 0.248 e. The van der Waals surface area contributed by atoms with Gasteiger partial charge < -0.3 is 10.2 Å². The van der Waals surface area contributed by atoms with Gasteiger partial charge in [-0.25, -0.2) is 8.42 Å². The number of nitrogens with zero attached hydrogens (tertiary/aromatic N) is 1. The molecule has 1 atom stereocenters. The zero-order valence-electron chi connectivity index (χ0n) is 13.7. The summed E-state index contributed by atoms with van der Waals surface area (Å²) < 4.78 is 23.4. The summed E-state index contributed by atoms with van der Waals surface area (Å²) in [5, 5.41) is 2.72. The number of carbonyl (C=O) groups is 2. The fourth-order valence-corrected chi connectivity index (χ4v) is 3.28. The molecule has 0 aliphatic carbocycles. The molecule has 1 fully saturated rings. The number of sulfone groups is 1. The fourth-order valence-electron chi connectivity index (χ4n) is 2.52. The van der Waals surface area contributed by atoms with Gasteiger partial charge in [-0.1, -0.05) is 27.7 Å². The number of piperazine rings is 1. The summed E-state index contributed by atoms with van der Waals surface area (Å²) >= 11 is 0. The molecule has 0 aromatic rings. The van der Waals surface area contributed by atoms with Gasteiger partial charge in [0.15, 0.2) is 9.84 Å². The minimum Gasteiger partial charge on any atom is -0.340 e. The third-order valence-corrected chi connectivity index (χ3v) is 5.38. The maximum atomic E-state index is 12.6. The summed E-state index contributed by atoms with van der Waals surface area (Å²) in [6.07, 6.45) is 0. The Morgan fingerprint density at radius 2 is 1.76 bits per heavy atom. The van der Waals surface area contributed by atoms with E-state index >= 15 is 0 Å². The standard InChI is InChI=1S/C14H26N2O4S/c1-7-21(19,20)9-8-16-10(13(2,3)4)11(17)15-14(5,6)12(16)18/h10H,7-9H2,1-6H3,(H,15,17). The fraction of sp³-hybridized carbons (Fsp3) is 0.857. The largest absolute Gasteiger partial charge is 0.340 e. The van der Waals surface area contributed by atoms with Gasteiger partial charge >= 0.3 is 0 Å². The van der Waals surface area contributed by atoms with Crippen molar-refractivity contribution in [3.05, 3.63) is 0 Å². The van der Waals surface area contributed by atoms with Crippen LogP contribution in [0.2, 0.25) is 0 Å². The van der Waals surface area contributed by atoms with Crippen molar-refractivity contribution in [1.82, 2.24) is 10.2 Å². The zero-order valence-corrected chi connectivity index (χ0v) is 14.5. The summed E-state index contributed by atoms with van der Waals surface area (Å²) in [6.45, 7) is 10.5. The molecule has 122 valence electrons. The molecular formula is C14H26N2O4S. The van der Waals surface area contributed by atoms with Gasteiger partial charge in [0, 0.05) is 12.3 Å². The molecule has 0 bridgehead atoms. The molecule has 0 radical (unpaired) electrons. The number of nitrogens with one attached hydrogen (secondary N) is 1. The zero-order chi connectivity index (χ0) is 16.6. The molecular weight excluding hydrogens is 292 g/mol. The molecule has 0 saturated carbocycles. The van der Waals surface area contributed by atoms with Crippen molar-refractivity contribution in [3.63, 3.8) is 0 Å². The van der Waals surface area contributed by atoms with E-state index in [0.717, 1.165) is 0 Å². The molecule has 21 heavy (non-hydrogen) atoms. The third-order valence-electron chi connectivity index (χ3n) is 3.69. The van der Waals surface area contributed by atoms with Crippen LogP contribution in [0.15, 0.2) is 0 Å². The summed E-state index contributed by atoms with van der Waals surface area (Å²) in [6, 6.07) is -0.662. The Kier molecular flexibility index (Phi) is 4.77. The summed E-state index contributed by atoms with van der Waals surface area (Å²) in [7, 11) is -3.19. The quantitative estimate of drug-likeness (QED) is 0.821. The van der Waals surface area contributed by atoms with E-state index in [9.17, 15) is 18.0 Å². The summed E-state index contributed by atoms with van der Waals surface area (Å²) in [5.41, 5.74) is -1.47. The number of rotatable bonds is 4. The van der Waals surface area contributed by atoms with Crippen molar-refractivity contribution in [2.75, 3.05) is 18.1 Å². The monoisotopic (exact) mass is 318 g/mol. The number of hydrogen-bond donors (Lipinski definition) is 1. The maximum Gasteiger partial charge on any atom is 0.248 e. The Balaban J connectivity index is 3.12. The van der Waals surface area contributed by atoms with Crippen LogP contribution in [-0.2, 0) is 19.4 Å². The van der Waals surface area contributed by atoms with E-state index in [1.54, 1.807) is 20.8 Å². The van der Waals surface area contributed by atoms with Gasteiger partial charge in [-0.2, -0.15) is 0 Å². The highest BCUT2D eigenvalue weighted by Gasteiger charge is 2.49. The predicted octanol–water partition coefficient (Wildman–Crippen LogP) is 0.573. The lowest BCUT2D eigenvalue weighted by Crippen LogP contribution is -2.71. The lowest BCUT2D eigenvalue weighted by Gasteiger charge is -2.47. The predicted molar refractivity (Wildman–Crippen MR) is 81.5 cm³/mol. The summed E-state index contributed by atoms with van der Waals surface area (Å²) in [5.74, 6) is -0.565. The van der Waals surface area contributed by atoms with Gasteiger partial charge in [-0.15, -0.1) is 0 Å². The number of hydrogen-bond acceptors (Lipinski definition) is 4. The lowest BCUT2D eigenvalue weighted by atomic mass is 9.81. The molecule has 6 nitrogen and oxygen atoms in total. The van der Waals surface area contributed by atoms with Crippen LogP contribution >= 0.6 is 0 Å². The van der Waals surface area contributed by atoms with Crippen molar-refractivity contribution in [1.29, 1.82) is 0 Å². The van der Waals surface area contributed by atoms with Crippen LogP contribution in [0.3, 0.4) is 0 Å². The van der Waals surface area contributed by atoms with E-state index in [1.807, 2.05) is 20.8 Å². The average Bonchev–Trinajstić information content (AvgIpc) is 2.29. The lowest BCUT2D eigenvalue weighted by molar-refractivity contribution is -0.157. The minimum atomic E-state index is -3.19. The van der Waals surface area contributed by atoms with Crippen LogP contribution in [0.1, 0.15) is 41.5 Å². The van der Waals surface area contributed by atoms with Crippen LogP contribution in [0.4, 0.5) is 0 Å². The topological polar surface area (TPSA) is 83.6 Å². The summed E-state index contributed by atoms with van der Waals surface area (Å²) in [4.78, 5) is 26.3. The SMILES string of the molecule is CCS(=O)(=O)CCN1C(=O)C(C)(C)NC(=O)C1C(C)(C)C. The van der Waals surface area contributed by atoms with Crippen LogP contribution < -0.4 is 5.32 Å². The van der Waals surface area contributed by atoms with Gasteiger partial charge in [0.1, 0.15) is 11.6 Å². The molecule has 1 N–H and O–H groups in total. The van der Waals surface area contributed by atoms with Crippen molar-refractivity contribution in [2.45, 2.75) is 53.1 Å². The van der Waals surface area contributed by atoms with E-state index in [1.165, 1.54) is 4.90 Å². The van der Waals surface area contributed by atoms with Crippen molar-refractivity contribution < 1.29 is 18.0 Å². The normalized spacial score (nSPS) is 23.1. The van der Waals surface area contributed by atoms with Crippen molar-refractivity contribution in [3.8, 4) is 0 Å². The van der Waals surface area contributed by atoms with Gasteiger partial charge in [0.2, 0.25) is 11.8 Å². The molecule has 1 heterocycles. The van der Waals surface area contributed by atoms with Crippen LogP contribution in [-0.4, -0.2) is 54.8 Å². The Bertz CT molecular complexity index is 532. The minimum absolute atomic E-state index is 0.0325. The molecule has 1 saturated heterocycles. The highest BCUT2D eigenvalue weighted by atomic mass is 32.2. The number of carbonyl (C=O) groups excluding carboxylic acids is 2. The first-order valence-electron chi connectivity index (χ1n) is 7.15. The van der Waals surface area contributed by atoms with Gasteiger partial charge in [-0.3, -0.25) is 9.59 Å². The highest BCUT2D eigenvalue weighted by Crippen LogP contribution is 2.30. The van der Waals surface area contributed by atoms with E-state index in [0.29, 0.717) is 0 Å². The second kappa shape index (κ2) is 5.59. The maximum absolute atomic E-state index is 12.6. The Hall–Kier alpha value is -1.11. The second-order valence-electron chi connectivity index (χ2n) is 7.12.